The Balaban J connectivity index is 2.27. The van der Waals surface area contributed by atoms with E-state index in [0.717, 1.165) is 0 Å². The van der Waals surface area contributed by atoms with Gasteiger partial charge in [0, 0.05) is 28.4 Å². The zero-order chi connectivity index (χ0) is 20.1. The summed E-state index contributed by atoms with van der Waals surface area (Å²) in [5.41, 5.74) is -2.61. The molecular weight excluding hydrogens is 388 g/mol. The summed E-state index contributed by atoms with van der Waals surface area (Å²) in [5, 5.41) is 20.2. The van der Waals surface area contributed by atoms with Crippen molar-refractivity contribution in [2.75, 3.05) is 0 Å². The Kier molecular flexibility index (Phi) is 4.95. The second kappa shape index (κ2) is 6.69. The van der Waals surface area contributed by atoms with Crippen molar-refractivity contribution < 1.29 is 32.2 Å². The van der Waals surface area contributed by atoms with Gasteiger partial charge in [-0.1, -0.05) is 21.4 Å². The van der Waals surface area contributed by atoms with Gasteiger partial charge in [0.2, 0.25) is 0 Å². The molecular formula is C18H17F5NO2P. The predicted molar refractivity (Wildman–Crippen MR) is 95.7 cm³/mol. The lowest BCUT2D eigenvalue weighted by atomic mass is 10.0. The largest absolute Gasteiger partial charge is 0.418 e. The molecule has 2 N–H and O–H groups in total. The van der Waals surface area contributed by atoms with E-state index in [2.05, 4.69) is 0 Å². The maximum absolute atomic E-state index is 13.4. The lowest BCUT2D eigenvalue weighted by Gasteiger charge is -2.18. The third-order valence-corrected chi connectivity index (χ3v) is 4.85. The average molecular weight is 405 g/mol. The van der Waals surface area contributed by atoms with Crippen LogP contribution in [0.2, 0.25) is 0 Å². The third-order valence-electron chi connectivity index (χ3n) is 4.54. The second-order valence-electron chi connectivity index (χ2n) is 6.32. The van der Waals surface area contributed by atoms with Crippen molar-refractivity contribution in [1.82, 2.24) is 4.57 Å². The van der Waals surface area contributed by atoms with Gasteiger partial charge in [-0.15, -0.1) is 0 Å². The SMILES string of the molecule is CCn1c2ccc(C(O)C(F)(F)F)cc2c2cc(C(O)C(F)(F)P)ccc21. The summed E-state index contributed by atoms with van der Waals surface area (Å²) in [6.45, 7) is 2.35. The van der Waals surface area contributed by atoms with Crippen LogP contribution in [0, 0.1) is 0 Å². The number of alkyl halides is 5. The number of aryl methyl sites for hydroxylation is 1. The molecule has 0 saturated carbocycles. The summed E-state index contributed by atoms with van der Waals surface area (Å²) in [7, 11) is 1.27. The van der Waals surface area contributed by atoms with E-state index in [0.29, 0.717) is 28.4 Å². The molecule has 9 heteroatoms. The molecule has 2 aromatic carbocycles. The van der Waals surface area contributed by atoms with Gasteiger partial charge in [0.15, 0.2) is 6.10 Å². The van der Waals surface area contributed by atoms with Crippen LogP contribution < -0.4 is 0 Å². The smallest absolute Gasteiger partial charge is 0.382 e. The van der Waals surface area contributed by atoms with Crippen LogP contribution in [0.1, 0.15) is 30.3 Å². The molecule has 3 aromatic rings. The van der Waals surface area contributed by atoms with Crippen molar-refractivity contribution in [2.45, 2.75) is 37.5 Å². The molecule has 1 aromatic heterocycles. The number of halogens is 5. The van der Waals surface area contributed by atoms with Gasteiger partial charge in [-0.3, -0.25) is 0 Å². The molecule has 146 valence electrons. The Hall–Kier alpha value is -1.76. The summed E-state index contributed by atoms with van der Waals surface area (Å²) in [5.74, 6) is 0. The first-order valence-corrected chi connectivity index (χ1v) is 8.68. The number of hydrogen-bond donors (Lipinski definition) is 2. The van der Waals surface area contributed by atoms with Crippen molar-refractivity contribution in [3.05, 3.63) is 47.5 Å². The first-order valence-electron chi connectivity index (χ1n) is 8.10. The maximum atomic E-state index is 13.4. The monoisotopic (exact) mass is 405 g/mol. The van der Waals surface area contributed by atoms with E-state index in [-0.39, 0.29) is 11.1 Å². The molecule has 0 bridgehead atoms. The van der Waals surface area contributed by atoms with Gasteiger partial charge in [0.25, 0.3) is 5.66 Å². The molecule has 3 atom stereocenters. The van der Waals surface area contributed by atoms with Crippen LogP contribution >= 0.6 is 9.24 Å². The normalized spacial score (nSPS) is 15.4. The van der Waals surface area contributed by atoms with E-state index in [1.54, 1.807) is 6.07 Å². The fourth-order valence-electron chi connectivity index (χ4n) is 3.23. The summed E-state index contributed by atoms with van der Waals surface area (Å²) in [6.07, 6.45) is -9.54. The van der Waals surface area contributed by atoms with Gasteiger partial charge in [-0.25, -0.2) is 0 Å². The Bertz CT molecular complexity index is 916. The van der Waals surface area contributed by atoms with Crippen molar-refractivity contribution in [3.8, 4) is 0 Å². The van der Waals surface area contributed by atoms with Crippen LogP contribution in [0.15, 0.2) is 36.4 Å². The molecule has 3 rings (SSSR count). The topological polar surface area (TPSA) is 45.4 Å². The number of fused-ring (bicyclic) bond motifs is 3. The van der Waals surface area contributed by atoms with Gasteiger partial charge in [-0.2, -0.15) is 22.0 Å². The van der Waals surface area contributed by atoms with E-state index in [4.69, 9.17) is 0 Å². The second-order valence-corrected chi connectivity index (χ2v) is 7.09. The average Bonchev–Trinajstić information content (AvgIpc) is 2.90. The molecule has 27 heavy (non-hydrogen) atoms. The van der Waals surface area contributed by atoms with E-state index >= 15 is 0 Å². The van der Waals surface area contributed by atoms with Gasteiger partial charge >= 0.3 is 6.18 Å². The highest BCUT2D eigenvalue weighted by molar-refractivity contribution is 7.18. The highest BCUT2D eigenvalue weighted by atomic mass is 31.0. The van der Waals surface area contributed by atoms with Crippen LogP contribution in [-0.2, 0) is 6.54 Å². The highest BCUT2D eigenvalue weighted by Gasteiger charge is 2.39. The van der Waals surface area contributed by atoms with Crippen LogP contribution in [0.3, 0.4) is 0 Å². The van der Waals surface area contributed by atoms with E-state index < -0.39 is 24.0 Å². The lowest BCUT2D eigenvalue weighted by molar-refractivity contribution is -0.206. The molecule has 0 fully saturated rings. The van der Waals surface area contributed by atoms with Gasteiger partial charge in [0.1, 0.15) is 6.10 Å². The zero-order valence-corrected chi connectivity index (χ0v) is 15.3. The molecule has 3 unspecified atom stereocenters. The molecule has 0 aliphatic rings. The summed E-state index contributed by atoms with van der Waals surface area (Å²) in [4.78, 5) is 0. The molecule has 0 saturated heterocycles. The Labute approximate surface area is 153 Å². The molecule has 0 spiro atoms. The molecule has 3 nitrogen and oxygen atoms in total. The van der Waals surface area contributed by atoms with E-state index in [1.165, 1.54) is 39.6 Å². The van der Waals surface area contributed by atoms with Crippen LogP contribution in [0.4, 0.5) is 22.0 Å². The Morgan fingerprint density at radius 2 is 1.33 bits per heavy atom. The number of nitrogens with zero attached hydrogens (tertiary/aromatic N) is 1. The van der Waals surface area contributed by atoms with Crippen LogP contribution in [0.5, 0.6) is 0 Å². The minimum Gasteiger partial charge on any atom is -0.382 e. The van der Waals surface area contributed by atoms with Crippen molar-refractivity contribution in [1.29, 1.82) is 0 Å². The van der Waals surface area contributed by atoms with Crippen LogP contribution in [0.25, 0.3) is 21.8 Å². The first kappa shape index (κ1) is 20.0. The number of benzene rings is 2. The van der Waals surface area contributed by atoms with Crippen molar-refractivity contribution in [2.24, 2.45) is 0 Å². The number of aromatic nitrogens is 1. The summed E-state index contributed by atoms with van der Waals surface area (Å²) >= 11 is 0. The standard InChI is InChI=1S/C18H17F5NO2P/c1-2-24-13-5-3-9(15(25)17(19,20)21)7-11(13)12-8-10(4-6-14(12)24)16(26)18(22,23)27/h3-8,15-16,25-26H,2,27H2,1H3. The fraction of sp³-hybridized carbons (Fsp3) is 0.333. The minimum absolute atomic E-state index is 0.0561. The molecule has 0 aliphatic heterocycles. The summed E-state index contributed by atoms with van der Waals surface area (Å²) < 4.78 is 67.2. The van der Waals surface area contributed by atoms with Crippen LogP contribution in [-0.4, -0.2) is 26.6 Å². The van der Waals surface area contributed by atoms with E-state index in [1.807, 2.05) is 11.5 Å². The fourth-order valence-corrected chi connectivity index (χ4v) is 3.42. The van der Waals surface area contributed by atoms with Gasteiger partial charge < -0.3 is 14.8 Å². The first-order chi connectivity index (χ1) is 12.4. The van der Waals surface area contributed by atoms with Crippen molar-refractivity contribution in [3.63, 3.8) is 0 Å². The Morgan fingerprint density at radius 3 is 1.70 bits per heavy atom. The lowest BCUT2D eigenvalue weighted by Crippen LogP contribution is -2.20. The molecule has 0 aliphatic carbocycles. The number of aliphatic hydroxyl groups excluding tert-OH is 2. The quantitative estimate of drug-likeness (QED) is 0.479. The maximum Gasteiger partial charge on any atom is 0.418 e. The molecule has 1 heterocycles. The zero-order valence-electron chi connectivity index (χ0n) is 14.1. The molecule has 0 radical (unpaired) electrons. The number of hydrogen-bond acceptors (Lipinski definition) is 2. The predicted octanol–water partition coefficient (Wildman–Crippen LogP) is 4.91. The van der Waals surface area contributed by atoms with Crippen molar-refractivity contribution >= 4 is 31.0 Å². The van der Waals surface area contributed by atoms with Gasteiger partial charge in [-0.05, 0) is 42.3 Å². The third kappa shape index (κ3) is 3.53. The summed E-state index contributed by atoms with van der Waals surface area (Å²) in [6, 6.07) is 8.12. The van der Waals surface area contributed by atoms with Gasteiger partial charge in [0.05, 0.1) is 0 Å². The highest BCUT2D eigenvalue weighted by Crippen LogP contribution is 2.40. The van der Waals surface area contributed by atoms with E-state index in [9.17, 15) is 32.2 Å². The Morgan fingerprint density at radius 1 is 0.889 bits per heavy atom. The minimum atomic E-state index is -4.82. The molecule has 0 amide bonds. The number of aliphatic hydroxyl groups is 2. The number of rotatable bonds is 4.